The quantitative estimate of drug-likeness (QED) is 0.671. The number of ether oxygens (including phenoxy) is 1. The molecule has 5 nitrogen and oxygen atoms in total. The van der Waals surface area contributed by atoms with Crippen molar-refractivity contribution in [2.75, 3.05) is 5.32 Å². The number of amides is 1. The van der Waals surface area contributed by atoms with Crippen molar-refractivity contribution in [2.45, 2.75) is 27.7 Å². The van der Waals surface area contributed by atoms with Gasteiger partial charge in [0.1, 0.15) is 11.6 Å². The Balaban J connectivity index is 2.05. The second-order valence-electron chi connectivity index (χ2n) is 6.70. The minimum atomic E-state index is -0.536. The van der Waals surface area contributed by atoms with Gasteiger partial charge in [0.05, 0.1) is 5.41 Å². The van der Waals surface area contributed by atoms with Crippen molar-refractivity contribution in [1.82, 2.24) is 4.98 Å². The molecule has 0 aliphatic heterocycles. The zero-order chi connectivity index (χ0) is 18.4. The van der Waals surface area contributed by atoms with E-state index in [0.717, 1.165) is 11.1 Å². The number of rotatable bonds is 4. The highest BCUT2D eigenvalue weighted by atomic mass is 16.5. The number of hydrogen-bond donors (Lipinski definition) is 1. The largest absolute Gasteiger partial charge is 0.426 e. The summed E-state index contributed by atoms with van der Waals surface area (Å²) >= 11 is 0. The number of carbonyl (C=O) groups excluding carboxylic acids is 2. The van der Waals surface area contributed by atoms with Gasteiger partial charge >= 0.3 is 5.97 Å². The van der Waals surface area contributed by atoms with Gasteiger partial charge in [-0.3, -0.25) is 9.59 Å². The summed E-state index contributed by atoms with van der Waals surface area (Å²) < 4.78 is 5.34. The molecular formula is C20H22N2O3. The molecule has 0 radical (unpaired) electrons. The third-order valence-corrected chi connectivity index (χ3v) is 3.26. The summed E-state index contributed by atoms with van der Waals surface area (Å²) in [4.78, 5) is 27.0. The average molecular weight is 338 g/mol. The lowest BCUT2D eigenvalue weighted by Crippen LogP contribution is -2.25. The molecule has 0 aliphatic carbocycles. The molecule has 1 N–H and O–H groups in total. The molecule has 0 fully saturated rings. The second kappa shape index (κ2) is 7.75. The molecule has 25 heavy (non-hydrogen) atoms. The van der Waals surface area contributed by atoms with Crippen LogP contribution >= 0.6 is 0 Å². The van der Waals surface area contributed by atoms with Crippen LogP contribution in [0.25, 0.3) is 12.2 Å². The van der Waals surface area contributed by atoms with Gasteiger partial charge in [0.2, 0.25) is 5.91 Å². The normalized spacial score (nSPS) is 11.4. The maximum atomic E-state index is 11.9. The highest BCUT2D eigenvalue weighted by molar-refractivity contribution is 5.88. The van der Waals surface area contributed by atoms with Crippen LogP contribution in [-0.2, 0) is 9.59 Å². The van der Waals surface area contributed by atoms with Crippen LogP contribution in [0.15, 0.2) is 42.6 Å². The molecule has 0 bridgehead atoms. The molecule has 0 saturated carbocycles. The van der Waals surface area contributed by atoms with E-state index in [0.29, 0.717) is 11.6 Å². The van der Waals surface area contributed by atoms with Gasteiger partial charge in [-0.25, -0.2) is 4.98 Å². The number of pyridine rings is 1. The van der Waals surface area contributed by atoms with E-state index < -0.39 is 5.41 Å². The van der Waals surface area contributed by atoms with Crippen LogP contribution < -0.4 is 10.1 Å². The number of anilines is 1. The fourth-order valence-corrected chi connectivity index (χ4v) is 1.90. The lowest BCUT2D eigenvalue weighted by Gasteiger charge is -2.16. The Morgan fingerprint density at radius 2 is 1.68 bits per heavy atom. The Kier molecular flexibility index (Phi) is 5.70. The van der Waals surface area contributed by atoms with Gasteiger partial charge in [-0.15, -0.1) is 0 Å². The van der Waals surface area contributed by atoms with Crippen LogP contribution in [0.5, 0.6) is 5.75 Å². The number of aromatic nitrogens is 1. The number of hydrogen-bond acceptors (Lipinski definition) is 4. The molecule has 1 heterocycles. The summed E-state index contributed by atoms with van der Waals surface area (Å²) in [5, 5.41) is 2.65. The first-order chi connectivity index (χ1) is 11.7. The summed E-state index contributed by atoms with van der Waals surface area (Å²) in [6, 6.07) is 10.9. The zero-order valence-electron chi connectivity index (χ0n) is 14.9. The maximum Gasteiger partial charge on any atom is 0.316 e. The van der Waals surface area contributed by atoms with E-state index in [2.05, 4.69) is 10.3 Å². The first kappa shape index (κ1) is 18.4. The van der Waals surface area contributed by atoms with Crippen molar-refractivity contribution in [1.29, 1.82) is 0 Å². The summed E-state index contributed by atoms with van der Waals surface area (Å²) in [6.07, 6.45) is 5.49. The van der Waals surface area contributed by atoms with Gasteiger partial charge in [0.25, 0.3) is 0 Å². The zero-order valence-corrected chi connectivity index (χ0v) is 14.9. The first-order valence-electron chi connectivity index (χ1n) is 7.98. The Bertz CT molecular complexity index is 787. The number of nitrogens with zero attached hydrogens (tertiary/aromatic N) is 1. The smallest absolute Gasteiger partial charge is 0.316 e. The predicted octanol–water partition coefficient (Wildman–Crippen LogP) is 4.16. The van der Waals surface area contributed by atoms with Crippen LogP contribution in [0.4, 0.5) is 5.82 Å². The van der Waals surface area contributed by atoms with E-state index in [4.69, 9.17) is 4.74 Å². The molecule has 130 valence electrons. The van der Waals surface area contributed by atoms with Crippen molar-refractivity contribution in [3.8, 4) is 5.75 Å². The molecule has 1 aromatic heterocycles. The maximum absolute atomic E-state index is 11.9. The van der Waals surface area contributed by atoms with Gasteiger partial charge in [0, 0.05) is 13.1 Å². The molecule has 1 aromatic carbocycles. The molecule has 2 aromatic rings. The van der Waals surface area contributed by atoms with E-state index in [9.17, 15) is 9.59 Å². The van der Waals surface area contributed by atoms with E-state index in [1.54, 1.807) is 24.4 Å². The van der Waals surface area contributed by atoms with Crippen LogP contribution in [0.2, 0.25) is 0 Å². The highest BCUT2D eigenvalue weighted by Crippen LogP contribution is 2.20. The van der Waals surface area contributed by atoms with E-state index in [-0.39, 0.29) is 11.9 Å². The Labute approximate surface area is 147 Å². The molecule has 5 heteroatoms. The van der Waals surface area contributed by atoms with Crippen LogP contribution in [0.3, 0.4) is 0 Å². The molecule has 0 unspecified atom stereocenters. The standard InChI is InChI=1S/C20H22N2O3/c1-14(23)22-18-13-16(11-12-21-18)6-5-15-7-9-17(10-8-15)25-19(24)20(2,3)4/h5-13H,1-4H3,(H,21,22,23)/b6-5+. The number of nitrogens with one attached hydrogen (secondary N) is 1. The minimum Gasteiger partial charge on any atom is -0.426 e. The van der Waals surface area contributed by atoms with E-state index in [1.807, 2.05) is 51.1 Å². The third-order valence-electron chi connectivity index (χ3n) is 3.26. The minimum absolute atomic E-state index is 0.158. The molecule has 1 amide bonds. The van der Waals surface area contributed by atoms with Gasteiger partial charge in [-0.1, -0.05) is 24.3 Å². The predicted molar refractivity (Wildman–Crippen MR) is 99.0 cm³/mol. The van der Waals surface area contributed by atoms with Gasteiger partial charge in [0.15, 0.2) is 0 Å². The second-order valence-corrected chi connectivity index (χ2v) is 6.70. The van der Waals surface area contributed by atoms with Crippen molar-refractivity contribution < 1.29 is 14.3 Å². The average Bonchev–Trinajstić information content (AvgIpc) is 2.53. The molecule has 2 rings (SSSR count). The summed E-state index contributed by atoms with van der Waals surface area (Å²) in [7, 11) is 0. The SMILES string of the molecule is CC(=O)Nc1cc(/C=C/c2ccc(OC(=O)C(C)(C)C)cc2)ccn1. The fraction of sp³-hybridized carbons (Fsp3) is 0.250. The molecule has 0 saturated heterocycles. The lowest BCUT2D eigenvalue weighted by molar-refractivity contribution is -0.143. The topological polar surface area (TPSA) is 68.3 Å². The van der Waals surface area contributed by atoms with Gasteiger partial charge in [-0.2, -0.15) is 0 Å². The first-order valence-corrected chi connectivity index (χ1v) is 7.98. The van der Waals surface area contributed by atoms with E-state index >= 15 is 0 Å². The molecular weight excluding hydrogens is 316 g/mol. The Morgan fingerprint density at radius 3 is 2.28 bits per heavy atom. The van der Waals surface area contributed by atoms with Crippen molar-refractivity contribution in [3.05, 3.63) is 53.7 Å². The Hall–Kier alpha value is -2.95. The number of esters is 1. The van der Waals surface area contributed by atoms with Gasteiger partial charge < -0.3 is 10.1 Å². The molecule has 0 spiro atoms. The third kappa shape index (κ3) is 5.88. The fourth-order valence-electron chi connectivity index (χ4n) is 1.90. The number of benzene rings is 1. The summed E-state index contributed by atoms with van der Waals surface area (Å²) in [5.41, 5.74) is 1.35. The van der Waals surface area contributed by atoms with Crippen molar-refractivity contribution in [2.24, 2.45) is 5.41 Å². The van der Waals surface area contributed by atoms with Crippen LogP contribution in [0.1, 0.15) is 38.8 Å². The summed E-state index contributed by atoms with van der Waals surface area (Å²) in [6.45, 7) is 6.89. The summed E-state index contributed by atoms with van der Waals surface area (Å²) in [5.74, 6) is 0.611. The van der Waals surface area contributed by atoms with Crippen LogP contribution in [0, 0.1) is 5.41 Å². The monoisotopic (exact) mass is 338 g/mol. The lowest BCUT2D eigenvalue weighted by atomic mass is 9.97. The van der Waals surface area contributed by atoms with Crippen molar-refractivity contribution >= 4 is 29.8 Å². The van der Waals surface area contributed by atoms with Gasteiger partial charge in [-0.05, 0) is 56.2 Å². The molecule has 0 atom stereocenters. The highest BCUT2D eigenvalue weighted by Gasteiger charge is 2.23. The Morgan fingerprint density at radius 1 is 1.04 bits per heavy atom. The van der Waals surface area contributed by atoms with Crippen molar-refractivity contribution in [3.63, 3.8) is 0 Å². The molecule has 0 aliphatic rings. The van der Waals surface area contributed by atoms with Crippen LogP contribution in [-0.4, -0.2) is 16.9 Å². The number of carbonyl (C=O) groups is 2. The van der Waals surface area contributed by atoms with E-state index in [1.165, 1.54) is 6.92 Å².